The van der Waals surface area contributed by atoms with Gasteiger partial charge in [0.25, 0.3) is 0 Å². The average Bonchev–Trinajstić information content (AvgIpc) is 3.03. The van der Waals surface area contributed by atoms with Crippen LogP contribution in [0.5, 0.6) is 0 Å². The highest BCUT2D eigenvalue weighted by Gasteiger charge is 2.33. The van der Waals surface area contributed by atoms with Crippen LogP contribution in [0.2, 0.25) is 0 Å². The van der Waals surface area contributed by atoms with Gasteiger partial charge >= 0.3 is 6.03 Å². The van der Waals surface area contributed by atoms with Crippen molar-refractivity contribution < 1.29 is 9.59 Å². The summed E-state index contributed by atoms with van der Waals surface area (Å²) in [5.74, 6) is -0.150. The normalized spacial score (nSPS) is 18.0. The Labute approximate surface area is 134 Å². The second-order valence-electron chi connectivity index (χ2n) is 5.42. The van der Waals surface area contributed by atoms with Crippen molar-refractivity contribution >= 4 is 11.9 Å². The molecule has 1 aliphatic rings. The fraction of sp³-hybridized carbons (Fsp3) is 0.235. The predicted octanol–water partition coefficient (Wildman–Crippen LogP) is 1.31. The number of rotatable bonds is 4. The highest BCUT2D eigenvalue weighted by Crippen LogP contribution is 2.26. The smallest absolute Gasteiger partial charge is 0.315 e. The molecule has 0 aliphatic carbocycles. The Morgan fingerprint density at radius 3 is 2.57 bits per heavy atom. The quantitative estimate of drug-likeness (QED) is 0.894. The number of amides is 3. The van der Waals surface area contributed by atoms with Crippen LogP contribution in [0.25, 0.3) is 0 Å². The molecule has 0 radical (unpaired) electrons. The van der Waals surface area contributed by atoms with Crippen LogP contribution < -0.4 is 10.6 Å². The van der Waals surface area contributed by atoms with E-state index in [1.54, 1.807) is 18.1 Å². The number of hydrogen-bond donors (Lipinski definition) is 2. The van der Waals surface area contributed by atoms with Crippen LogP contribution in [-0.4, -0.2) is 41.5 Å². The summed E-state index contributed by atoms with van der Waals surface area (Å²) in [6.45, 7) is 0.297. The summed E-state index contributed by atoms with van der Waals surface area (Å²) in [6.07, 6.45) is 1.71. The lowest BCUT2D eigenvalue weighted by Crippen LogP contribution is -2.45. The van der Waals surface area contributed by atoms with Gasteiger partial charge in [-0.25, -0.2) is 4.79 Å². The molecule has 1 aromatic heterocycles. The highest BCUT2D eigenvalue weighted by molar-refractivity contribution is 5.90. The van der Waals surface area contributed by atoms with E-state index >= 15 is 0 Å². The van der Waals surface area contributed by atoms with Crippen LogP contribution in [0.4, 0.5) is 4.79 Å². The van der Waals surface area contributed by atoms with Gasteiger partial charge in [0.1, 0.15) is 6.04 Å². The zero-order chi connectivity index (χ0) is 16.2. The van der Waals surface area contributed by atoms with E-state index in [-0.39, 0.29) is 18.0 Å². The molecule has 1 fully saturated rings. The van der Waals surface area contributed by atoms with E-state index in [0.29, 0.717) is 6.54 Å². The lowest BCUT2D eigenvalue weighted by Gasteiger charge is -2.30. The molecule has 1 aliphatic heterocycles. The van der Waals surface area contributed by atoms with Crippen molar-refractivity contribution in [2.75, 3.05) is 13.6 Å². The molecule has 3 rings (SSSR count). The Hall–Kier alpha value is -2.89. The molecule has 2 N–H and O–H groups in total. The minimum atomic E-state index is -0.553. The van der Waals surface area contributed by atoms with Gasteiger partial charge in [0.05, 0.1) is 11.7 Å². The first-order chi connectivity index (χ1) is 11.2. The van der Waals surface area contributed by atoms with Gasteiger partial charge in [-0.2, -0.15) is 0 Å². The SMILES string of the molecule is CN(C(=O)[C@@H]1CNC(=O)N1)[C@@H](c1ccccc1)c1ccccn1. The Morgan fingerprint density at radius 1 is 1.22 bits per heavy atom. The number of hydrogen-bond acceptors (Lipinski definition) is 3. The van der Waals surface area contributed by atoms with E-state index in [9.17, 15) is 9.59 Å². The zero-order valence-corrected chi connectivity index (χ0v) is 12.8. The number of benzene rings is 1. The van der Waals surface area contributed by atoms with Crippen LogP contribution in [0.15, 0.2) is 54.7 Å². The maximum atomic E-state index is 12.7. The maximum absolute atomic E-state index is 12.7. The van der Waals surface area contributed by atoms with Crippen molar-refractivity contribution in [2.45, 2.75) is 12.1 Å². The number of urea groups is 1. The molecule has 118 valence electrons. The van der Waals surface area contributed by atoms with Crippen molar-refractivity contribution in [2.24, 2.45) is 0 Å². The molecule has 2 atom stereocenters. The van der Waals surface area contributed by atoms with Gasteiger partial charge in [0.2, 0.25) is 5.91 Å². The third-order valence-corrected chi connectivity index (χ3v) is 3.89. The summed E-state index contributed by atoms with van der Waals surface area (Å²) < 4.78 is 0. The van der Waals surface area contributed by atoms with Crippen LogP contribution in [0.1, 0.15) is 17.3 Å². The Morgan fingerprint density at radius 2 is 1.96 bits per heavy atom. The van der Waals surface area contributed by atoms with E-state index in [0.717, 1.165) is 11.3 Å². The van der Waals surface area contributed by atoms with Crippen LogP contribution in [-0.2, 0) is 4.79 Å². The van der Waals surface area contributed by atoms with Crippen molar-refractivity contribution in [1.82, 2.24) is 20.5 Å². The Balaban J connectivity index is 1.92. The molecular weight excluding hydrogens is 292 g/mol. The number of aromatic nitrogens is 1. The minimum absolute atomic E-state index is 0.150. The first-order valence-corrected chi connectivity index (χ1v) is 7.43. The molecule has 6 heteroatoms. The van der Waals surface area contributed by atoms with Crippen molar-refractivity contribution in [3.63, 3.8) is 0 Å². The van der Waals surface area contributed by atoms with Gasteiger partial charge in [-0.3, -0.25) is 9.78 Å². The largest absolute Gasteiger partial charge is 0.336 e. The first kappa shape index (κ1) is 15.0. The molecule has 0 unspecified atom stereocenters. The fourth-order valence-electron chi connectivity index (χ4n) is 2.74. The molecule has 6 nitrogen and oxygen atoms in total. The highest BCUT2D eigenvalue weighted by atomic mass is 16.2. The second kappa shape index (κ2) is 6.48. The number of pyridine rings is 1. The third kappa shape index (κ3) is 3.15. The number of carbonyl (C=O) groups excluding carboxylic acids is 2. The molecule has 0 saturated carbocycles. The molecule has 2 heterocycles. The number of nitrogens with one attached hydrogen (secondary N) is 2. The molecule has 1 aromatic carbocycles. The van der Waals surface area contributed by atoms with Gasteiger partial charge in [-0.15, -0.1) is 0 Å². The van der Waals surface area contributed by atoms with Crippen LogP contribution in [0, 0.1) is 0 Å². The topological polar surface area (TPSA) is 74.3 Å². The molecule has 0 spiro atoms. The summed E-state index contributed by atoms with van der Waals surface area (Å²) in [7, 11) is 1.74. The second-order valence-corrected chi connectivity index (χ2v) is 5.42. The van der Waals surface area contributed by atoms with Crippen LogP contribution >= 0.6 is 0 Å². The van der Waals surface area contributed by atoms with Gasteiger partial charge in [-0.05, 0) is 17.7 Å². The van der Waals surface area contributed by atoms with E-state index in [2.05, 4.69) is 15.6 Å². The first-order valence-electron chi connectivity index (χ1n) is 7.43. The lowest BCUT2D eigenvalue weighted by atomic mass is 10.0. The average molecular weight is 310 g/mol. The molecular formula is C17H18N4O2. The predicted molar refractivity (Wildman–Crippen MR) is 85.6 cm³/mol. The summed E-state index contributed by atoms with van der Waals surface area (Å²) in [4.78, 5) is 30.0. The lowest BCUT2D eigenvalue weighted by molar-refractivity contribution is -0.132. The van der Waals surface area contributed by atoms with Crippen molar-refractivity contribution in [3.05, 3.63) is 66.0 Å². The summed E-state index contributed by atoms with van der Waals surface area (Å²) in [5, 5.41) is 5.24. The summed E-state index contributed by atoms with van der Waals surface area (Å²) in [6, 6.07) is 14.2. The monoisotopic (exact) mass is 310 g/mol. The van der Waals surface area contributed by atoms with E-state index in [1.165, 1.54) is 0 Å². The molecule has 0 bridgehead atoms. The molecule has 23 heavy (non-hydrogen) atoms. The van der Waals surface area contributed by atoms with Gasteiger partial charge in [-0.1, -0.05) is 36.4 Å². The van der Waals surface area contributed by atoms with Gasteiger partial charge in [0, 0.05) is 19.8 Å². The van der Waals surface area contributed by atoms with Crippen molar-refractivity contribution in [3.8, 4) is 0 Å². The molecule has 1 saturated heterocycles. The standard InChI is InChI=1S/C17H18N4O2/c1-21(16(22)14-11-19-17(23)20-14)15(12-7-3-2-4-8-12)13-9-5-6-10-18-13/h2-10,14-15H,11H2,1H3,(H2,19,20,23)/t14-,15-/m0/s1. The minimum Gasteiger partial charge on any atom is -0.336 e. The number of carbonyl (C=O) groups is 2. The molecule has 2 aromatic rings. The van der Waals surface area contributed by atoms with Crippen molar-refractivity contribution in [1.29, 1.82) is 0 Å². The van der Waals surface area contributed by atoms with Gasteiger partial charge in [0.15, 0.2) is 0 Å². The zero-order valence-electron chi connectivity index (χ0n) is 12.8. The van der Waals surface area contributed by atoms with Crippen LogP contribution in [0.3, 0.4) is 0 Å². The summed E-state index contributed by atoms with van der Waals surface area (Å²) in [5.41, 5.74) is 1.76. The maximum Gasteiger partial charge on any atom is 0.315 e. The van der Waals surface area contributed by atoms with E-state index in [4.69, 9.17) is 0 Å². The summed E-state index contributed by atoms with van der Waals surface area (Å²) >= 11 is 0. The number of nitrogens with zero attached hydrogens (tertiary/aromatic N) is 2. The third-order valence-electron chi connectivity index (χ3n) is 3.89. The van der Waals surface area contributed by atoms with E-state index in [1.807, 2.05) is 48.5 Å². The fourth-order valence-corrected chi connectivity index (χ4v) is 2.74. The Bertz CT molecular complexity index is 651. The molecule has 3 amide bonds. The van der Waals surface area contributed by atoms with E-state index < -0.39 is 6.04 Å². The Kier molecular flexibility index (Phi) is 4.23. The van der Waals surface area contributed by atoms with Gasteiger partial charge < -0.3 is 15.5 Å². The number of likely N-dealkylation sites (N-methyl/N-ethyl adjacent to an activating group) is 1.